The van der Waals surface area contributed by atoms with Gasteiger partial charge in [0.05, 0.1) is 18.8 Å². The van der Waals surface area contributed by atoms with Crippen molar-refractivity contribution < 1.29 is 47.3 Å². The van der Waals surface area contributed by atoms with E-state index in [-0.39, 0.29) is 6.54 Å². The average Bonchev–Trinajstić information content (AvgIpc) is 3.19. The molecule has 0 bridgehead atoms. The van der Waals surface area contributed by atoms with Crippen LogP contribution in [0.5, 0.6) is 0 Å². The number of hydrogen-bond donors (Lipinski definition) is 4. The van der Waals surface area contributed by atoms with Crippen LogP contribution in [0.25, 0.3) is 0 Å². The van der Waals surface area contributed by atoms with Crippen molar-refractivity contribution in [2.45, 2.75) is 31.1 Å². The molecule has 4 rings (SSSR count). The number of phosphoric ester groups is 1. The summed E-state index contributed by atoms with van der Waals surface area (Å²) in [4.78, 5) is 52.7. The molecule has 6 atom stereocenters. The van der Waals surface area contributed by atoms with Crippen molar-refractivity contribution in [1.29, 1.82) is 0 Å². The fraction of sp³-hybridized carbons (Fsp3) is 0.286. The Morgan fingerprint density at radius 2 is 1.77 bits per heavy atom. The molecule has 4 unspecified atom stereocenters. The second kappa shape index (κ2) is 12.2. The van der Waals surface area contributed by atoms with Gasteiger partial charge in [0, 0.05) is 29.8 Å². The first kappa shape index (κ1) is 29.9. The number of rotatable bonds is 11. The van der Waals surface area contributed by atoms with Crippen LogP contribution >= 0.6 is 15.6 Å². The van der Waals surface area contributed by atoms with Gasteiger partial charge in [-0.15, -0.1) is 0 Å². The average molecular weight is 599 g/mol. The van der Waals surface area contributed by atoms with Crippen LogP contribution in [0.4, 0.5) is 11.4 Å². The lowest BCUT2D eigenvalue weighted by molar-refractivity contribution is -0.245. The molecule has 1 saturated heterocycles. The smallest absolute Gasteiger partial charge is 0.333 e. The molecule has 1 fully saturated rings. The molecule has 40 heavy (non-hydrogen) atoms. The van der Waals surface area contributed by atoms with Gasteiger partial charge in [-0.3, -0.25) is 28.0 Å². The molecular weight excluding hydrogens is 576 g/mol. The molecule has 0 spiro atoms. The largest absolute Gasteiger partial charge is 0.756 e. The third-order valence-electron chi connectivity index (χ3n) is 5.63. The summed E-state index contributed by atoms with van der Waals surface area (Å²) in [5.41, 5.74) is 0.176. The highest BCUT2D eigenvalue weighted by Crippen LogP contribution is 2.54. The standard InChI is InChI=1S/C21H25N5O12P2/c22-37-40(33,34)38-39(31,32)35-12-16-18(28)19(29)20(36-16)25-9-7-17(27)26(21(25)30)11-15-10-14(6-8-23-15)24-13-4-2-1-3-5-13/h1-10,16,18-20,28-29H,11-12,22H2,(H,23,24)(H,31,32)(H,33,34)/p-2/t16-,18?,19?,20-/m1/s1. The fourth-order valence-corrected chi connectivity index (χ4v) is 5.44. The highest BCUT2D eigenvalue weighted by molar-refractivity contribution is 7.59. The minimum Gasteiger partial charge on any atom is -0.756 e. The summed E-state index contributed by atoms with van der Waals surface area (Å²) in [7, 11) is -11.0. The topological polar surface area (TPSA) is 253 Å². The van der Waals surface area contributed by atoms with Gasteiger partial charge in [0.15, 0.2) is 6.23 Å². The van der Waals surface area contributed by atoms with Gasteiger partial charge < -0.3 is 34.6 Å². The van der Waals surface area contributed by atoms with Gasteiger partial charge in [-0.05, 0) is 24.3 Å². The first-order valence-corrected chi connectivity index (χ1v) is 14.3. The fourth-order valence-electron chi connectivity index (χ4n) is 3.79. The molecule has 2 aromatic heterocycles. The van der Waals surface area contributed by atoms with E-state index in [1.165, 1.54) is 6.20 Å². The number of nitrogens with zero attached hydrogens (tertiary/aromatic N) is 3. The van der Waals surface area contributed by atoms with Crippen molar-refractivity contribution in [1.82, 2.24) is 14.1 Å². The molecular formula is C21H23N5O12P2-2. The Bertz CT molecular complexity index is 1550. The maximum absolute atomic E-state index is 13.2. The quantitative estimate of drug-likeness (QED) is 0.147. The number of pyridine rings is 1. The van der Waals surface area contributed by atoms with Gasteiger partial charge in [-0.2, -0.15) is 0 Å². The van der Waals surface area contributed by atoms with Crippen molar-refractivity contribution in [3.05, 3.63) is 87.5 Å². The SMILES string of the molecule is NOP(=O)([O-])OP(=O)([O-])OC[C@H]1O[C@@H](n2ccc(=O)n(Cc3cc(Nc4ccccc4)ccn3)c2=O)C(O)C1O. The second-order valence-electron chi connectivity index (χ2n) is 8.38. The summed E-state index contributed by atoms with van der Waals surface area (Å²) in [6.45, 7) is -1.27. The van der Waals surface area contributed by atoms with Crippen LogP contribution in [-0.4, -0.2) is 49.3 Å². The number of anilines is 2. The number of phosphoric acid groups is 2. The summed E-state index contributed by atoms with van der Waals surface area (Å²) in [5.74, 6) is 4.40. The molecule has 3 heterocycles. The molecule has 0 radical (unpaired) electrons. The van der Waals surface area contributed by atoms with Crippen LogP contribution in [0.15, 0.2) is 70.5 Å². The van der Waals surface area contributed by atoms with E-state index >= 15 is 0 Å². The van der Waals surface area contributed by atoms with E-state index in [0.29, 0.717) is 11.4 Å². The van der Waals surface area contributed by atoms with Gasteiger partial charge >= 0.3 is 5.69 Å². The Hall–Kier alpha value is -3.05. The van der Waals surface area contributed by atoms with Gasteiger partial charge in [-0.25, -0.2) is 19.6 Å². The van der Waals surface area contributed by atoms with Crippen molar-refractivity contribution >= 4 is 27.0 Å². The number of aromatic nitrogens is 3. The maximum Gasteiger partial charge on any atom is 0.333 e. The number of aliphatic hydroxyl groups is 2. The third-order valence-corrected chi connectivity index (χ3v) is 7.96. The molecule has 17 nitrogen and oxygen atoms in total. The van der Waals surface area contributed by atoms with E-state index in [2.05, 4.69) is 29.7 Å². The molecule has 0 amide bonds. The number of ether oxygens (including phenoxy) is 1. The predicted molar refractivity (Wildman–Crippen MR) is 131 cm³/mol. The highest BCUT2D eigenvalue weighted by atomic mass is 31.3. The third kappa shape index (κ3) is 7.17. The summed E-state index contributed by atoms with van der Waals surface area (Å²) in [6.07, 6.45) is -4.19. The molecule has 1 aliphatic heterocycles. The number of hydrogen-bond acceptors (Lipinski definition) is 15. The Morgan fingerprint density at radius 1 is 1.05 bits per heavy atom. The number of aliphatic hydroxyl groups excluding tert-OH is 2. The molecule has 1 aromatic carbocycles. The zero-order valence-electron chi connectivity index (χ0n) is 20.3. The lowest BCUT2D eigenvalue weighted by atomic mass is 10.1. The van der Waals surface area contributed by atoms with Gasteiger partial charge in [0.2, 0.25) is 0 Å². The highest BCUT2D eigenvalue weighted by Gasteiger charge is 2.45. The zero-order chi connectivity index (χ0) is 29.1. The second-order valence-corrected chi connectivity index (χ2v) is 11.3. The maximum atomic E-state index is 13.2. The number of benzene rings is 1. The lowest BCUT2D eigenvalue weighted by Gasteiger charge is -2.29. The van der Waals surface area contributed by atoms with Crippen molar-refractivity contribution in [3.63, 3.8) is 0 Å². The van der Waals surface area contributed by atoms with Crippen LogP contribution in [0.2, 0.25) is 0 Å². The van der Waals surface area contributed by atoms with E-state index in [0.717, 1.165) is 27.1 Å². The molecule has 3 aromatic rings. The summed E-state index contributed by atoms with van der Waals surface area (Å²) >= 11 is 0. The zero-order valence-corrected chi connectivity index (χ0v) is 22.1. The van der Waals surface area contributed by atoms with Crippen molar-refractivity contribution in [2.24, 2.45) is 5.90 Å². The van der Waals surface area contributed by atoms with Crippen LogP contribution in [0.3, 0.4) is 0 Å². The molecule has 19 heteroatoms. The molecule has 5 N–H and O–H groups in total. The molecule has 216 valence electrons. The minimum atomic E-state index is -5.54. The lowest BCUT2D eigenvalue weighted by Crippen LogP contribution is -2.43. The van der Waals surface area contributed by atoms with E-state index < -0.39 is 58.0 Å². The van der Waals surface area contributed by atoms with E-state index in [9.17, 15) is 38.7 Å². The number of nitrogens with one attached hydrogen (secondary N) is 1. The van der Waals surface area contributed by atoms with Crippen molar-refractivity contribution in [3.8, 4) is 0 Å². The summed E-state index contributed by atoms with van der Waals surface area (Å²) in [6, 6.07) is 13.6. The van der Waals surface area contributed by atoms with Crippen LogP contribution in [-0.2, 0) is 33.9 Å². The van der Waals surface area contributed by atoms with Gasteiger partial charge in [0.25, 0.3) is 21.2 Å². The van der Waals surface area contributed by atoms with E-state index in [4.69, 9.17) is 4.74 Å². The first-order chi connectivity index (χ1) is 18.9. The Kier molecular flexibility index (Phi) is 9.14. The Morgan fingerprint density at radius 3 is 2.48 bits per heavy atom. The van der Waals surface area contributed by atoms with Gasteiger partial charge in [-0.1, -0.05) is 18.2 Å². The predicted octanol–water partition coefficient (Wildman–Crippen LogP) is -1.32. The van der Waals surface area contributed by atoms with Crippen LogP contribution < -0.4 is 32.2 Å². The minimum absolute atomic E-state index is 0.254. The number of nitrogens with two attached hydrogens (primary N) is 1. The Labute approximate surface area is 225 Å². The van der Waals surface area contributed by atoms with E-state index in [1.807, 2.05) is 30.3 Å². The molecule has 0 aliphatic carbocycles. The normalized spacial score (nSPS) is 23.8. The van der Waals surface area contributed by atoms with Crippen LogP contribution in [0.1, 0.15) is 11.9 Å². The molecule has 1 aliphatic rings. The summed E-state index contributed by atoms with van der Waals surface area (Å²) < 4.78 is 41.3. The number of para-hydroxylation sites is 1. The molecule has 0 saturated carbocycles. The van der Waals surface area contributed by atoms with Crippen LogP contribution in [0, 0.1) is 0 Å². The first-order valence-electron chi connectivity index (χ1n) is 11.4. The monoisotopic (exact) mass is 599 g/mol. The Balaban J connectivity index is 1.50. The summed E-state index contributed by atoms with van der Waals surface area (Å²) in [5, 5.41) is 24.0. The van der Waals surface area contributed by atoms with Crippen molar-refractivity contribution in [2.75, 3.05) is 11.9 Å². The van der Waals surface area contributed by atoms with Gasteiger partial charge in [0.1, 0.15) is 18.3 Å². The van der Waals surface area contributed by atoms with E-state index in [1.54, 1.807) is 12.1 Å².